The minimum atomic E-state index is -0.0531. The van der Waals surface area contributed by atoms with Crippen LogP contribution in [0.4, 0.5) is 0 Å². The van der Waals surface area contributed by atoms with Gasteiger partial charge < -0.3 is 18.9 Å². The quantitative estimate of drug-likeness (QED) is 0.534. The van der Waals surface area contributed by atoms with E-state index in [1.54, 1.807) is 0 Å². The molecule has 0 atom stereocenters. The second-order valence-electron chi connectivity index (χ2n) is 8.78. The molecule has 1 saturated carbocycles. The smallest absolute Gasteiger partial charge is 0.160 e. The maximum Gasteiger partial charge on any atom is 0.160 e. The molecule has 0 radical (unpaired) electrons. The Morgan fingerprint density at radius 2 is 1.48 bits per heavy atom. The van der Waals surface area contributed by atoms with Crippen molar-refractivity contribution in [1.82, 2.24) is 0 Å². The highest BCUT2D eigenvalue weighted by atomic mass is 16.7. The monoisotopic (exact) mass is 380 g/mol. The van der Waals surface area contributed by atoms with Gasteiger partial charge in [-0.15, -0.1) is 0 Å². The van der Waals surface area contributed by atoms with Gasteiger partial charge in [-0.05, 0) is 51.4 Å². The molecule has 3 fully saturated rings. The van der Waals surface area contributed by atoms with Crippen LogP contribution in [-0.4, -0.2) is 39.0 Å². The molecule has 0 spiro atoms. The molecule has 27 heavy (non-hydrogen) atoms. The van der Waals surface area contributed by atoms with Gasteiger partial charge in [-0.25, -0.2) is 0 Å². The van der Waals surface area contributed by atoms with E-state index < -0.39 is 0 Å². The third kappa shape index (κ3) is 6.85. The number of unbranched alkanes of at least 4 members (excludes halogenated alkanes) is 1. The van der Waals surface area contributed by atoms with Crippen molar-refractivity contribution in [3.8, 4) is 0 Å². The Morgan fingerprint density at radius 1 is 0.778 bits per heavy atom. The summed E-state index contributed by atoms with van der Waals surface area (Å²) in [7, 11) is 0. The highest BCUT2D eigenvalue weighted by molar-refractivity contribution is 4.86. The predicted octanol–water partition coefficient (Wildman–Crippen LogP) is 5.32. The van der Waals surface area contributed by atoms with E-state index in [2.05, 4.69) is 19.1 Å². The van der Waals surface area contributed by atoms with Crippen molar-refractivity contribution in [2.45, 2.75) is 84.2 Å². The summed E-state index contributed by atoms with van der Waals surface area (Å²) in [4.78, 5) is 0. The molecule has 1 aliphatic carbocycles. The van der Waals surface area contributed by atoms with Gasteiger partial charge in [0, 0.05) is 17.8 Å². The molecule has 2 aliphatic heterocycles. The highest BCUT2D eigenvalue weighted by Crippen LogP contribution is 2.36. The normalized spacial score (nSPS) is 38.3. The van der Waals surface area contributed by atoms with Gasteiger partial charge in [-0.2, -0.15) is 0 Å². The van der Waals surface area contributed by atoms with E-state index in [1.165, 1.54) is 44.9 Å². The fourth-order valence-corrected chi connectivity index (χ4v) is 4.72. The van der Waals surface area contributed by atoms with Gasteiger partial charge in [0.1, 0.15) is 0 Å². The molecule has 0 aromatic heterocycles. The van der Waals surface area contributed by atoms with E-state index in [4.69, 9.17) is 18.9 Å². The van der Waals surface area contributed by atoms with Gasteiger partial charge in [-0.1, -0.05) is 38.3 Å². The van der Waals surface area contributed by atoms with Crippen LogP contribution in [-0.2, 0) is 18.9 Å². The van der Waals surface area contributed by atoms with Crippen LogP contribution < -0.4 is 0 Å². The molecule has 0 bridgehead atoms. The van der Waals surface area contributed by atoms with Crippen LogP contribution >= 0.6 is 0 Å². The molecule has 156 valence electrons. The van der Waals surface area contributed by atoms with E-state index in [0.717, 1.165) is 45.2 Å². The third-order valence-corrected chi connectivity index (χ3v) is 6.50. The van der Waals surface area contributed by atoms with Crippen molar-refractivity contribution in [2.24, 2.45) is 23.7 Å². The number of hydrogen-bond donors (Lipinski definition) is 0. The second-order valence-corrected chi connectivity index (χ2v) is 8.78. The van der Waals surface area contributed by atoms with Crippen LogP contribution in [0.2, 0.25) is 0 Å². The molecule has 4 nitrogen and oxygen atoms in total. The fourth-order valence-electron chi connectivity index (χ4n) is 4.72. The number of hydrogen-bond acceptors (Lipinski definition) is 4. The van der Waals surface area contributed by atoms with Gasteiger partial charge in [0.05, 0.1) is 26.4 Å². The van der Waals surface area contributed by atoms with Crippen LogP contribution in [0.25, 0.3) is 0 Å². The number of rotatable bonds is 8. The van der Waals surface area contributed by atoms with Gasteiger partial charge >= 0.3 is 0 Å². The van der Waals surface area contributed by atoms with Crippen molar-refractivity contribution < 1.29 is 18.9 Å². The predicted molar refractivity (Wildman–Crippen MR) is 107 cm³/mol. The number of allylic oxidation sites excluding steroid dienone is 1. The lowest BCUT2D eigenvalue weighted by molar-refractivity contribution is -0.235. The standard InChI is InChI=1S/C23H40O4/c1-3-5-7-18-8-11-21(12-9-18)23-26-16-20(17-27-23)10-13-22-24-14-19(6-4-2)15-25-22/h4,6,18-23H,3,5,7-17H2,1-2H3/b6-4-. The molecular weight excluding hydrogens is 340 g/mol. The van der Waals surface area contributed by atoms with E-state index in [-0.39, 0.29) is 12.6 Å². The Hall–Kier alpha value is -0.420. The van der Waals surface area contributed by atoms with Crippen LogP contribution in [0, 0.1) is 23.7 Å². The third-order valence-electron chi connectivity index (χ3n) is 6.50. The molecule has 0 aromatic rings. The van der Waals surface area contributed by atoms with Crippen LogP contribution in [0.15, 0.2) is 12.2 Å². The molecule has 3 rings (SSSR count). The molecule has 3 aliphatic rings. The van der Waals surface area contributed by atoms with Crippen molar-refractivity contribution in [3.63, 3.8) is 0 Å². The lowest BCUT2D eigenvalue weighted by Gasteiger charge is -2.38. The molecule has 0 amide bonds. The summed E-state index contributed by atoms with van der Waals surface area (Å²) in [5, 5.41) is 0. The van der Waals surface area contributed by atoms with Crippen LogP contribution in [0.5, 0.6) is 0 Å². The summed E-state index contributed by atoms with van der Waals surface area (Å²) >= 11 is 0. The van der Waals surface area contributed by atoms with E-state index in [0.29, 0.717) is 17.8 Å². The van der Waals surface area contributed by atoms with Crippen molar-refractivity contribution in [2.75, 3.05) is 26.4 Å². The zero-order valence-corrected chi connectivity index (χ0v) is 17.4. The largest absolute Gasteiger partial charge is 0.352 e. The van der Waals surface area contributed by atoms with Crippen molar-refractivity contribution in [1.29, 1.82) is 0 Å². The lowest BCUT2D eigenvalue weighted by Crippen LogP contribution is -2.39. The average molecular weight is 381 g/mol. The Bertz CT molecular complexity index is 414. The Labute approximate surface area is 166 Å². The topological polar surface area (TPSA) is 36.9 Å². The van der Waals surface area contributed by atoms with E-state index in [9.17, 15) is 0 Å². The second kappa shape index (κ2) is 11.5. The first kappa shape index (κ1) is 21.3. The number of ether oxygens (including phenoxy) is 4. The zero-order valence-electron chi connectivity index (χ0n) is 17.4. The van der Waals surface area contributed by atoms with Gasteiger partial charge in [0.15, 0.2) is 12.6 Å². The molecule has 0 N–H and O–H groups in total. The Morgan fingerprint density at radius 3 is 2.11 bits per heavy atom. The average Bonchev–Trinajstić information content (AvgIpc) is 2.73. The molecule has 0 unspecified atom stereocenters. The first-order valence-corrected chi connectivity index (χ1v) is 11.4. The fraction of sp³-hybridized carbons (Fsp3) is 0.913. The highest BCUT2D eigenvalue weighted by Gasteiger charge is 2.32. The zero-order chi connectivity index (χ0) is 18.9. The van der Waals surface area contributed by atoms with Crippen LogP contribution in [0.3, 0.4) is 0 Å². The Kier molecular flexibility index (Phi) is 9.11. The Balaban J connectivity index is 1.27. The first-order valence-electron chi connectivity index (χ1n) is 11.4. The molecule has 2 heterocycles. The molecule has 2 saturated heterocycles. The molecule has 0 aromatic carbocycles. The summed E-state index contributed by atoms with van der Waals surface area (Å²) in [5.41, 5.74) is 0. The summed E-state index contributed by atoms with van der Waals surface area (Å²) < 4.78 is 23.9. The summed E-state index contributed by atoms with van der Waals surface area (Å²) in [6.45, 7) is 7.54. The summed E-state index contributed by atoms with van der Waals surface area (Å²) in [6, 6.07) is 0. The van der Waals surface area contributed by atoms with E-state index in [1.807, 2.05) is 6.92 Å². The summed E-state index contributed by atoms with van der Waals surface area (Å²) in [5.74, 6) is 2.44. The van der Waals surface area contributed by atoms with Gasteiger partial charge in [-0.3, -0.25) is 0 Å². The van der Waals surface area contributed by atoms with Crippen molar-refractivity contribution in [3.05, 3.63) is 12.2 Å². The van der Waals surface area contributed by atoms with Crippen molar-refractivity contribution >= 4 is 0 Å². The summed E-state index contributed by atoms with van der Waals surface area (Å²) in [6.07, 6.45) is 15.6. The van der Waals surface area contributed by atoms with Crippen LogP contribution in [0.1, 0.15) is 71.6 Å². The molecule has 4 heteroatoms. The lowest BCUT2D eigenvalue weighted by atomic mass is 9.79. The maximum absolute atomic E-state index is 6.12. The van der Waals surface area contributed by atoms with E-state index >= 15 is 0 Å². The SMILES string of the molecule is C/C=C\C1COC(CCC2COC(C3CCC(CCCC)CC3)OC2)OC1. The maximum atomic E-state index is 6.12. The minimum Gasteiger partial charge on any atom is -0.352 e. The first-order chi connectivity index (χ1) is 13.3. The van der Waals surface area contributed by atoms with Gasteiger partial charge in [0.25, 0.3) is 0 Å². The minimum absolute atomic E-state index is 0.0390. The molecular formula is C23H40O4. The van der Waals surface area contributed by atoms with Gasteiger partial charge in [0.2, 0.25) is 0 Å².